The standard InChI is InChI=1S/C20H18FN3O3/c1-4-27-20(26)15-9-22-19-17(15)18(23-10-24-19)13-5-12(6-14(21)8-13)7-16(25)11(2)3/h5-6,8-10H,2,4,7H2,1,3H3,(H,22,23,24). The number of allylic oxidation sites excluding steroid dienone is 1. The van der Waals surface area contributed by atoms with Gasteiger partial charge in [-0.15, -0.1) is 0 Å². The second kappa shape index (κ2) is 7.49. The summed E-state index contributed by atoms with van der Waals surface area (Å²) in [7, 11) is 0. The Morgan fingerprint density at radius 1 is 1.26 bits per heavy atom. The number of hydrogen-bond acceptors (Lipinski definition) is 5. The maximum atomic E-state index is 14.2. The Morgan fingerprint density at radius 2 is 2.04 bits per heavy atom. The number of aromatic nitrogens is 3. The van der Waals surface area contributed by atoms with Crippen LogP contribution in [0.15, 0.2) is 42.9 Å². The summed E-state index contributed by atoms with van der Waals surface area (Å²) in [5, 5.41) is 0.443. The molecule has 0 saturated heterocycles. The molecule has 0 radical (unpaired) electrons. The molecule has 0 aliphatic carbocycles. The molecule has 27 heavy (non-hydrogen) atoms. The average Bonchev–Trinajstić information content (AvgIpc) is 3.05. The van der Waals surface area contributed by atoms with Gasteiger partial charge in [-0.3, -0.25) is 4.79 Å². The third-order valence-electron chi connectivity index (χ3n) is 4.04. The Kier molecular flexibility index (Phi) is 5.12. The zero-order valence-corrected chi connectivity index (χ0v) is 15.0. The highest BCUT2D eigenvalue weighted by Crippen LogP contribution is 2.30. The number of halogens is 1. The topological polar surface area (TPSA) is 84.9 Å². The van der Waals surface area contributed by atoms with E-state index in [4.69, 9.17) is 4.74 Å². The van der Waals surface area contributed by atoms with Crippen LogP contribution in [0.1, 0.15) is 29.8 Å². The molecule has 2 aromatic heterocycles. The second-order valence-corrected chi connectivity index (χ2v) is 6.10. The maximum Gasteiger partial charge on any atom is 0.340 e. The fraction of sp³-hybridized carbons (Fsp3) is 0.200. The molecule has 1 N–H and O–H groups in total. The van der Waals surface area contributed by atoms with Gasteiger partial charge in [0.2, 0.25) is 0 Å². The highest BCUT2D eigenvalue weighted by Gasteiger charge is 2.19. The van der Waals surface area contributed by atoms with Gasteiger partial charge in [-0.1, -0.05) is 6.58 Å². The van der Waals surface area contributed by atoms with E-state index in [1.54, 1.807) is 19.9 Å². The molecule has 0 aliphatic heterocycles. The summed E-state index contributed by atoms with van der Waals surface area (Å²) in [6.45, 7) is 7.16. The molecule has 0 fully saturated rings. The van der Waals surface area contributed by atoms with Crippen LogP contribution in [0.2, 0.25) is 0 Å². The van der Waals surface area contributed by atoms with Crippen LogP contribution < -0.4 is 0 Å². The van der Waals surface area contributed by atoms with Gasteiger partial charge in [0, 0.05) is 18.2 Å². The minimum absolute atomic E-state index is 0.0339. The summed E-state index contributed by atoms with van der Waals surface area (Å²) in [4.78, 5) is 35.4. The summed E-state index contributed by atoms with van der Waals surface area (Å²) < 4.78 is 19.3. The number of hydrogen-bond donors (Lipinski definition) is 1. The van der Waals surface area contributed by atoms with E-state index in [2.05, 4.69) is 21.5 Å². The van der Waals surface area contributed by atoms with E-state index in [9.17, 15) is 14.0 Å². The van der Waals surface area contributed by atoms with Crippen LogP contribution in [-0.2, 0) is 16.0 Å². The summed E-state index contributed by atoms with van der Waals surface area (Å²) in [5.41, 5.74) is 2.43. The number of nitrogens with one attached hydrogen (secondary N) is 1. The van der Waals surface area contributed by atoms with Crippen molar-refractivity contribution in [3.63, 3.8) is 0 Å². The number of ketones is 1. The molecule has 0 amide bonds. The smallest absolute Gasteiger partial charge is 0.340 e. The summed E-state index contributed by atoms with van der Waals surface area (Å²) in [5.74, 6) is -1.20. The first kappa shape index (κ1) is 18.4. The molecule has 7 heteroatoms. The summed E-state index contributed by atoms with van der Waals surface area (Å²) in [6.07, 6.45) is 2.85. The highest BCUT2D eigenvalue weighted by molar-refractivity contribution is 6.08. The molecule has 0 bridgehead atoms. The number of carbonyl (C=O) groups is 2. The van der Waals surface area contributed by atoms with Gasteiger partial charge in [0.15, 0.2) is 5.78 Å². The predicted molar refractivity (Wildman–Crippen MR) is 98.8 cm³/mol. The Morgan fingerprint density at radius 3 is 2.74 bits per heavy atom. The number of ether oxygens (including phenoxy) is 1. The normalized spacial score (nSPS) is 10.8. The van der Waals surface area contributed by atoms with Crippen LogP contribution in [0.3, 0.4) is 0 Å². The zero-order chi connectivity index (χ0) is 19.6. The molecule has 3 aromatic rings. The van der Waals surface area contributed by atoms with Crippen molar-refractivity contribution < 1.29 is 18.7 Å². The van der Waals surface area contributed by atoms with E-state index in [-0.39, 0.29) is 24.4 Å². The predicted octanol–water partition coefficient (Wildman–Crippen LogP) is 3.63. The molecule has 0 atom stereocenters. The third kappa shape index (κ3) is 3.76. The molecule has 0 aliphatic rings. The zero-order valence-electron chi connectivity index (χ0n) is 15.0. The van der Waals surface area contributed by atoms with Gasteiger partial charge in [0.25, 0.3) is 0 Å². The third-order valence-corrected chi connectivity index (χ3v) is 4.04. The lowest BCUT2D eigenvalue weighted by Crippen LogP contribution is -2.05. The number of benzene rings is 1. The van der Waals surface area contributed by atoms with Crippen LogP contribution >= 0.6 is 0 Å². The van der Waals surface area contributed by atoms with Crippen molar-refractivity contribution in [1.82, 2.24) is 15.0 Å². The largest absolute Gasteiger partial charge is 0.462 e. The molecule has 2 heterocycles. The van der Waals surface area contributed by atoms with E-state index in [0.717, 1.165) is 0 Å². The van der Waals surface area contributed by atoms with E-state index in [1.165, 1.54) is 24.7 Å². The van der Waals surface area contributed by atoms with Gasteiger partial charge in [0.1, 0.15) is 17.8 Å². The van der Waals surface area contributed by atoms with Crippen molar-refractivity contribution in [3.8, 4) is 11.3 Å². The number of H-pyrrole nitrogens is 1. The number of rotatable bonds is 6. The van der Waals surface area contributed by atoms with Gasteiger partial charge in [-0.05, 0) is 43.2 Å². The summed E-state index contributed by atoms with van der Waals surface area (Å²) in [6, 6.07) is 4.28. The van der Waals surface area contributed by atoms with Gasteiger partial charge in [-0.25, -0.2) is 19.2 Å². The lowest BCUT2D eigenvalue weighted by atomic mass is 9.99. The van der Waals surface area contributed by atoms with Gasteiger partial charge in [-0.2, -0.15) is 0 Å². The minimum atomic E-state index is -0.520. The van der Waals surface area contributed by atoms with Crippen molar-refractivity contribution in [1.29, 1.82) is 0 Å². The molecule has 1 aromatic carbocycles. The molecule has 0 unspecified atom stereocenters. The number of aromatic amines is 1. The first-order valence-corrected chi connectivity index (χ1v) is 8.38. The molecule has 0 spiro atoms. The number of fused-ring (bicyclic) bond motifs is 1. The monoisotopic (exact) mass is 367 g/mol. The molecule has 6 nitrogen and oxygen atoms in total. The molecule has 0 saturated carbocycles. The average molecular weight is 367 g/mol. The van der Waals surface area contributed by atoms with Crippen molar-refractivity contribution in [2.24, 2.45) is 0 Å². The highest BCUT2D eigenvalue weighted by atomic mass is 19.1. The van der Waals surface area contributed by atoms with E-state index in [0.29, 0.717) is 33.4 Å². The van der Waals surface area contributed by atoms with Crippen LogP contribution in [0.5, 0.6) is 0 Å². The lowest BCUT2D eigenvalue weighted by Gasteiger charge is -2.08. The fourth-order valence-electron chi connectivity index (χ4n) is 2.78. The van der Waals surface area contributed by atoms with E-state index >= 15 is 0 Å². The SMILES string of the molecule is C=C(C)C(=O)Cc1cc(F)cc(-c2ncnc3[nH]cc(C(=O)OCC)c23)c1. The quantitative estimate of drug-likeness (QED) is 0.531. The van der Waals surface area contributed by atoms with Crippen LogP contribution in [0, 0.1) is 5.82 Å². The molecule has 3 rings (SSSR count). The van der Waals surface area contributed by atoms with Gasteiger partial charge >= 0.3 is 5.97 Å². The Labute approximate surface area is 155 Å². The lowest BCUT2D eigenvalue weighted by molar-refractivity contribution is -0.114. The van der Waals surface area contributed by atoms with E-state index in [1.807, 2.05) is 0 Å². The van der Waals surface area contributed by atoms with Crippen molar-refractivity contribution in [3.05, 3.63) is 59.8 Å². The number of Topliss-reactive ketones (excluding diaryl/α,β-unsaturated/α-hetero) is 1. The fourth-order valence-corrected chi connectivity index (χ4v) is 2.78. The number of esters is 1. The second-order valence-electron chi connectivity index (χ2n) is 6.10. The van der Waals surface area contributed by atoms with E-state index < -0.39 is 11.8 Å². The molecular weight excluding hydrogens is 349 g/mol. The summed E-state index contributed by atoms with van der Waals surface area (Å²) >= 11 is 0. The molecule has 138 valence electrons. The van der Waals surface area contributed by atoms with Crippen LogP contribution in [-0.4, -0.2) is 33.3 Å². The first-order chi connectivity index (χ1) is 12.9. The van der Waals surface area contributed by atoms with Gasteiger partial charge < -0.3 is 9.72 Å². The Balaban J connectivity index is 2.13. The Hall–Kier alpha value is -3.35. The van der Waals surface area contributed by atoms with Gasteiger partial charge in [0.05, 0.1) is 23.3 Å². The van der Waals surface area contributed by atoms with Crippen molar-refractivity contribution in [2.45, 2.75) is 20.3 Å². The minimum Gasteiger partial charge on any atom is -0.462 e. The Bertz CT molecular complexity index is 1060. The van der Waals surface area contributed by atoms with Crippen LogP contribution in [0.25, 0.3) is 22.3 Å². The van der Waals surface area contributed by atoms with Crippen molar-refractivity contribution >= 4 is 22.8 Å². The number of nitrogens with zero attached hydrogens (tertiary/aromatic N) is 2. The molecular formula is C20H18FN3O3. The maximum absolute atomic E-state index is 14.2. The van der Waals surface area contributed by atoms with Crippen LogP contribution in [0.4, 0.5) is 4.39 Å². The first-order valence-electron chi connectivity index (χ1n) is 8.38. The van der Waals surface area contributed by atoms with Crippen molar-refractivity contribution in [2.75, 3.05) is 6.61 Å². The number of carbonyl (C=O) groups excluding carboxylic acids is 2.